The van der Waals surface area contributed by atoms with Crippen molar-refractivity contribution in [2.24, 2.45) is 0 Å². The van der Waals surface area contributed by atoms with E-state index in [1.165, 1.54) is 5.69 Å². The van der Waals surface area contributed by atoms with Gasteiger partial charge in [-0.25, -0.2) is 4.98 Å². The lowest BCUT2D eigenvalue weighted by Gasteiger charge is -2.26. The Bertz CT molecular complexity index is 654. The fourth-order valence-corrected chi connectivity index (χ4v) is 3.08. The molecule has 24 heavy (non-hydrogen) atoms. The Morgan fingerprint density at radius 1 is 1.17 bits per heavy atom. The summed E-state index contributed by atoms with van der Waals surface area (Å²) >= 11 is 0. The minimum Gasteiger partial charge on any atom is -0.497 e. The second-order valence-electron chi connectivity index (χ2n) is 6.05. The lowest BCUT2D eigenvalue weighted by Crippen LogP contribution is -2.38. The van der Waals surface area contributed by atoms with E-state index >= 15 is 0 Å². The van der Waals surface area contributed by atoms with Crippen LogP contribution in [0, 0.1) is 0 Å². The molecule has 2 heterocycles. The maximum absolute atomic E-state index is 12.7. The van der Waals surface area contributed by atoms with E-state index in [-0.39, 0.29) is 11.9 Å². The summed E-state index contributed by atoms with van der Waals surface area (Å²) in [6.45, 7) is 5.26. The Labute approximate surface area is 142 Å². The van der Waals surface area contributed by atoms with E-state index in [0.29, 0.717) is 0 Å². The smallest absolute Gasteiger partial charge is 0.245 e. The molecule has 0 radical (unpaired) electrons. The Hall–Kier alpha value is -2.50. The van der Waals surface area contributed by atoms with Gasteiger partial charge in [-0.1, -0.05) is 0 Å². The zero-order chi connectivity index (χ0) is 16.9. The molecule has 128 valence electrons. The maximum Gasteiger partial charge on any atom is 0.245 e. The quantitative estimate of drug-likeness (QED) is 0.863. The van der Waals surface area contributed by atoms with Gasteiger partial charge in [-0.15, -0.1) is 0 Å². The summed E-state index contributed by atoms with van der Waals surface area (Å²) < 4.78 is 7.07. The SMILES string of the molecule is COc1ccc(N2CCCN(C(=O)[C@@H](C)n3ccnc3)CC2)cc1. The first-order valence-electron chi connectivity index (χ1n) is 8.34. The Morgan fingerprint density at radius 3 is 2.62 bits per heavy atom. The third-order valence-electron chi connectivity index (χ3n) is 4.57. The van der Waals surface area contributed by atoms with Gasteiger partial charge < -0.3 is 19.1 Å². The fraction of sp³-hybridized carbons (Fsp3) is 0.444. The molecule has 1 aromatic carbocycles. The molecule has 1 aliphatic rings. The van der Waals surface area contributed by atoms with Crippen molar-refractivity contribution in [1.29, 1.82) is 0 Å². The van der Waals surface area contributed by atoms with E-state index in [9.17, 15) is 4.79 Å². The first-order valence-corrected chi connectivity index (χ1v) is 8.34. The van der Waals surface area contributed by atoms with E-state index in [4.69, 9.17) is 4.74 Å². The highest BCUT2D eigenvalue weighted by atomic mass is 16.5. The summed E-state index contributed by atoms with van der Waals surface area (Å²) in [7, 11) is 1.67. The second kappa shape index (κ2) is 7.38. The molecule has 0 aliphatic carbocycles. The molecule has 1 fully saturated rings. The molecule has 6 heteroatoms. The zero-order valence-corrected chi connectivity index (χ0v) is 14.3. The van der Waals surface area contributed by atoms with Gasteiger partial charge in [0.15, 0.2) is 0 Å². The van der Waals surface area contributed by atoms with Crippen LogP contribution < -0.4 is 9.64 Å². The van der Waals surface area contributed by atoms with Crippen LogP contribution in [-0.4, -0.2) is 53.6 Å². The third-order valence-corrected chi connectivity index (χ3v) is 4.57. The second-order valence-corrected chi connectivity index (χ2v) is 6.05. The first kappa shape index (κ1) is 16.4. The minimum absolute atomic E-state index is 0.157. The number of imidazole rings is 1. The van der Waals surface area contributed by atoms with E-state index in [0.717, 1.165) is 38.3 Å². The monoisotopic (exact) mass is 328 g/mol. The van der Waals surface area contributed by atoms with E-state index in [1.54, 1.807) is 19.6 Å². The normalized spacial score (nSPS) is 16.6. The van der Waals surface area contributed by atoms with Crippen molar-refractivity contribution in [2.45, 2.75) is 19.4 Å². The van der Waals surface area contributed by atoms with Crippen LogP contribution in [0.3, 0.4) is 0 Å². The van der Waals surface area contributed by atoms with Crippen molar-refractivity contribution in [3.05, 3.63) is 43.0 Å². The molecular formula is C18H24N4O2. The molecule has 2 aromatic rings. The molecule has 1 aliphatic heterocycles. The minimum atomic E-state index is -0.208. The third kappa shape index (κ3) is 3.53. The molecule has 0 saturated carbocycles. The van der Waals surface area contributed by atoms with Gasteiger partial charge in [0.25, 0.3) is 0 Å². The van der Waals surface area contributed by atoms with Gasteiger partial charge in [0.2, 0.25) is 5.91 Å². The van der Waals surface area contributed by atoms with E-state index < -0.39 is 0 Å². The fourth-order valence-electron chi connectivity index (χ4n) is 3.08. The van der Waals surface area contributed by atoms with Crippen LogP contribution >= 0.6 is 0 Å². The average molecular weight is 328 g/mol. The van der Waals surface area contributed by atoms with Crippen molar-refractivity contribution in [3.8, 4) is 5.75 Å². The molecule has 3 rings (SSSR count). The number of methoxy groups -OCH3 is 1. The lowest BCUT2D eigenvalue weighted by atomic mass is 10.2. The molecular weight excluding hydrogens is 304 g/mol. The molecule has 6 nitrogen and oxygen atoms in total. The van der Waals surface area contributed by atoms with Crippen LogP contribution in [0.15, 0.2) is 43.0 Å². The molecule has 0 unspecified atom stereocenters. The molecule has 1 saturated heterocycles. The number of rotatable bonds is 4. The number of ether oxygens (including phenoxy) is 1. The Balaban J connectivity index is 1.63. The number of carbonyl (C=O) groups excluding carboxylic acids is 1. The highest BCUT2D eigenvalue weighted by Gasteiger charge is 2.24. The van der Waals surface area contributed by atoms with Gasteiger partial charge in [-0.3, -0.25) is 4.79 Å². The van der Waals surface area contributed by atoms with Crippen LogP contribution in [0.25, 0.3) is 0 Å². The summed E-state index contributed by atoms with van der Waals surface area (Å²) in [6, 6.07) is 7.89. The summed E-state index contributed by atoms with van der Waals surface area (Å²) in [4.78, 5) is 21.0. The van der Waals surface area contributed by atoms with Gasteiger partial charge in [0, 0.05) is 44.3 Å². The Kier molecular flexibility index (Phi) is 5.03. The lowest BCUT2D eigenvalue weighted by molar-refractivity contribution is -0.134. The van der Waals surface area contributed by atoms with Crippen molar-refractivity contribution >= 4 is 11.6 Å². The number of amides is 1. The highest BCUT2D eigenvalue weighted by Crippen LogP contribution is 2.21. The number of carbonyl (C=O) groups is 1. The first-order chi connectivity index (χ1) is 11.7. The molecule has 0 bridgehead atoms. The standard InChI is InChI=1S/C18H24N4O2/c1-15(22-11-8-19-14-22)18(23)21-10-3-9-20(12-13-21)16-4-6-17(24-2)7-5-16/h4-8,11,14-15H,3,9-10,12-13H2,1-2H3/t15-/m1/s1. The highest BCUT2D eigenvalue weighted by molar-refractivity contribution is 5.80. The maximum atomic E-state index is 12.7. The number of aromatic nitrogens is 2. The zero-order valence-electron chi connectivity index (χ0n) is 14.3. The number of nitrogens with zero attached hydrogens (tertiary/aromatic N) is 4. The molecule has 1 aromatic heterocycles. The van der Waals surface area contributed by atoms with Crippen LogP contribution in [-0.2, 0) is 4.79 Å². The average Bonchev–Trinajstić information content (AvgIpc) is 3.05. The van der Waals surface area contributed by atoms with Crippen LogP contribution in [0.2, 0.25) is 0 Å². The van der Waals surface area contributed by atoms with Gasteiger partial charge in [0.1, 0.15) is 11.8 Å². The van der Waals surface area contributed by atoms with Crippen LogP contribution in [0.1, 0.15) is 19.4 Å². The molecule has 0 N–H and O–H groups in total. The predicted molar refractivity (Wildman–Crippen MR) is 93.3 cm³/mol. The summed E-state index contributed by atoms with van der Waals surface area (Å²) in [5.41, 5.74) is 1.17. The summed E-state index contributed by atoms with van der Waals surface area (Å²) in [6.07, 6.45) is 6.21. The Morgan fingerprint density at radius 2 is 1.96 bits per heavy atom. The van der Waals surface area contributed by atoms with Gasteiger partial charge >= 0.3 is 0 Å². The van der Waals surface area contributed by atoms with Gasteiger partial charge in [-0.2, -0.15) is 0 Å². The predicted octanol–water partition coefficient (Wildman–Crippen LogP) is 2.19. The van der Waals surface area contributed by atoms with Crippen LogP contribution in [0.5, 0.6) is 5.75 Å². The van der Waals surface area contributed by atoms with Crippen molar-refractivity contribution in [1.82, 2.24) is 14.5 Å². The summed E-state index contributed by atoms with van der Waals surface area (Å²) in [5.74, 6) is 1.02. The van der Waals surface area contributed by atoms with E-state index in [1.807, 2.05) is 34.7 Å². The van der Waals surface area contributed by atoms with E-state index in [2.05, 4.69) is 22.0 Å². The largest absolute Gasteiger partial charge is 0.497 e. The number of hydrogen-bond acceptors (Lipinski definition) is 4. The van der Waals surface area contributed by atoms with Crippen molar-refractivity contribution < 1.29 is 9.53 Å². The molecule has 1 amide bonds. The van der Waals surface area contributed by atoms with Gasteiger partial charge in [0.05, 0.1) is 13.4 Å². The number of anilines is 1. The molecule has 1 atom stereocenters. The number of benzene rings is 1. The van der Waals surface area contributed by atoms with Crippen LogP contribution in [0.4, 0.5) is 5.69 Å². The van der Waals surface area contributed by atoms with Crippen molar-refractivity contribution in [2.75, 3.05) is 38.2 Å². The van der Waals surface area contributed by atoms with Crippen molar-refractivity contribution in [3.63, 3.8) is 0 Å². The number of hydrogen-bond donors (Lipinski definition) is 0. The van der Waals surface area contributed by atoms with Gasteiger partial charge in [-0.05, 0) is 37.6 Å². The topological polar surface area (TPSA) is 50.6 Å². The summed E-state index contributed by atoms with van der Waals surface area (Å²) in [5, 5.41) is 0. The molecule has 0 spiro atoms.